The molecule has 0 N–H and O–H groups in total. The monoisotopic (exact) mass is 582 g/mol. The number of likely N-dealkylation sites (tertiary alicyclic amines) is 2. The van der Waals surface area contributed by atoms with Crippen LogP contribution in [0.15, 0.2) is 47.5 Å². The molecule has 1 aromatic heterocycles. The number of rotatable bonds is 6. The van der Waals surface area contributed by atoms with E-state index in [1.165, 1.54) is 31.7 Å². The van der Waals surface area contributed by atoms with Gasteiger partial charge < -0.3 is 9.80 Å². The molecule has 2 aromatic carbocycles. The van der Waals surface area contributed by atoms with Gasteiger partial charge in [-0.25, -0.2) is 0 Å². The third-order valence-corrected chi connectivity index (χ3v) is 11.4. The summed E-state index contributed by atoms with van der Waals surface area (Å²) in [5.41, 5.74) is 4.08. The van der Waals surface area contributed by atoms with Crippen LogP contribution >= 0.6 is 11.3 Å². The Morgan fingerprint density at radius 1 is 0.976 bits per heavy atom. The molecule has 6 nitrogen and oxygen atoms in total. The minimum Gasteiger partial charge on any atom is -0.342 e. The van der Waals surface area contributed by atoms with Gasteiger partial charge in [0.05, 0.1) is 0 Å². The summed E-state index contributed by atoms with van der Waals surface area (Å²) in [7, 11) is 0. The molecule has 0 bridgehead atoms. The molecule has 4 aliphatic rings. The van der Waals surface area contributed by atoms with Crippen molar-refractivity contribution in [1.82, 2.24) is 14.7 Å². The Labute approximate surface area is 253 Å². The second-order valence-electron chi connectivity index (χ2n) is 13.3. The fraction of sp³-hybridized carbons (Fsp3) is 0.514. The highest BCUT2D eigenvalue weighted by atomic mass is 32.1. The first kappa shape index (κ1) is 27.8. The van der Waals surface area contributed by atoms with Crippen molar-refractivity contribution in [2.24, 2.45) is 16.8 Å². The molecule has 0 unspecified atom stereocenters. The minimum absolute atomic E-state index is 0.158. The Bertz CT molecular complexity index is 1560. The lowest BCUT2D eigenvalue weighted by molar-refractivity contribution is -0.133. The van der Waals surface area contributed by atoms with Gasteiger partial charge >= 0.3 is 0 Å². The van der Waals surface area contributed by atoms with E-state index in [4.69, 9.17) is 4.99 Å². The number of carbonyl (C=O) groups is 2. The lowest BCUT2D eigenvalue weighted by atomic mass is 9.87. The van der Waals surface area contributed by atoms with E-state index in [1.807, 2.05) is 21.1 Å². The van der Waals surface area contributed by atoms with Crippen LogP contribution in [-0.4, -0.2) is 76.7 Å². The molecule has 1 atom stereocenters. The highest BCUT2D eigenvalue weighted by molar-refractivity contribution is 7.19. The summed E-state index contributed by atoms with van der Waals surface area (Å²) in [4.78, 5) is 40.1. The van der Waals surface area contributed by atoms with Gasteiger partial charge in [-0.15, -0.1) is 11.3 Å². The van der Waals surface area contributed by atoms with Gasteiger partial charge in [0.1, 0.15) is 11.4 Å². The standard InChI is InChI=1S/C35H42N4O2S/c1-22(2)37-17-14-35(15-18-37)34(41)39(21-25-13-16-38(20-25)33(40)28-9-10-28)32(36-35)27-7-5-26(6-8-27)29-11-12-31-30(19-29)23(3)24(4)42-31/h5-8,11-12,19,22,25,28H,9-10,13-18,20-21H2,1-4H3/t25-/m1/s1. The number of piperidine rings is 1. The van der Waals surface area contributed by atoms with Crippen molar-refractivity contribution >= 4 is 39.1 Å². The summed E-state index contributed by atoms with van der Waals surface area (Å²) in [6.45, 7) is 12.8. The van der Waals surface area contributed by atoms with Gasteiger partial charge in [-0.1, -0.05) is 30.3 Å². The normalized spacial score (nSPS) is 22.6. The molecule has 1 aliphatic carbocycles. The zero-order valence-electron chi connectivity index (χ0n) is 25.4. The fourth-order valence-corrected chi connectivity index (χ4v) is 8.20. The highest BCUT2D eigenvalue weighted by Gasteiger charge is 2.51. The van der Waals surface area contributed by atoms with Crippen molar-refractivity contribution in [3.63, 3.8) is 0 Å². The van der Waals surface area contributed by atoms with Gasteiger partial charge in [-0.05, 0) is 99.9 Å². The van der Waals surface area contributed by atoms with E-state index in [1.54, 1.807) is 0 Å². The average Bonchev–Trinajstić information content (AvgIpc) is 3.61. The maximum absolute atomic E-state index is 14.2. The van der Waals surface area contributed by atoms with Crippen LogP contribution in [0, 0.1) is 25.7 Å². The van der Waals surface area contributed by atoms with Gasteiger partial charge in [0.25, 0.3) is 5.91 Å². The molecule has 3 aromatic rings. The number of nitrogens with zero attached hydrogens (tertiary/aromatic N) is 4. The first-order chi connectivity index (χ1) is 20.2. The molecule has 4 heterocycles. The van der Waals surface area contributed by atoms with Crippen molar-refractivity contribution in [1.29, 1.82) is 0 Å². The van der Waals surface area contributed by atoms with Crippen LogP contribution in [0.1, 0.15) is 62.0 Å². The van der Waals surface area contributed by atoms with Crippen LogP contribution in [0.4, 0.5) is 0 Å². The Morgan fingerprint density at radius 2 is 1.67 bits per heavy atom. The molecule has 42 heavy (non-hydrogen) atoms. The second-order valence-corrected chi connectivity index (χ2v) is 14.6. The Hall–Kier alpha value is -3.03. The largest absolute Gasteiger partial charge is 0.342 e. The van der Waals surface area contributed by atoms with E-state index in [9.17, 15) is 9.59 Å². The molecular weight excluding hydrogens is 540 g/mol. The molecule has 3 fully saturated rings. The number of hydrogen-bond donors (Lipinski definition) is 0. The van der Waals surface area contributed by atoms with E-state index in [0.717, 1.165) is 69.7 Å². The van der Waals surface area contributed by atoms with Crippen molar-refractivity contribution in [3.05, 3.63) is 58.5 Å². The predicted octanol–water partition coefficient (Wildman–Crippen LogP) is 6.28. The number of amidine groups is 1. The van der Waals surface area contributed by atoms with Gasteiger partial charge in [-0.3, -0.25) is 19.5 Å². The summed E-state index contributed by atoms with van der Waals surface area (Å²) >= 11 is 1.86. The number of hydrogen-bond acceptors (Lipinski definition) is 5. The van der Waals surface area contributed by atoms with Gasteiger partial charge in [0.2, 0.25) is 5.91 Å². The summed E-state index contributed by atoms with van der Waals surface area (Å²) in [6, 6.07) is 15.9. The van der Waals surface area contributed by atoms with Crippen LogP contribution in [0.25, 0.3) is 21.2 Å². The summed E-state index contributed by atoms with van der Waals surface area (Å²) in [6.07, 6.45) is 4.55. The van der Waals surface area contributed by atoms with Gasteiger partial charge in [0, 0.05) is 59.8 Å². The van der Waals surface area contributed by atoms with E-state index < -0.39 is 5.54 Å². The molecule has 2 amide bonds. The Balaban J connectivity index is 1.16. The lowest BCUT2D eigenvalue weighted by Crippen LogP contribution is -2.52. The second kappa shape index (κ2) is 10.6. The van der Waals surface area contributed by atoms with Crippen LogP contribution in [0.5, 0.6) is 0 Å². The quantitative estimate of drug-likeness (QED) is 0.344. The van der Waals surface area contributed by atoms with Gasteiger partial charge in [0.15, 0.2) is 0 Å². The summed E-state index contributed by atoms with van der Waals surface area (Å²) < 4.78 is 1.33. The number of carbonyl (C=O) groups excluding carboxylic acids is 2. The minimum atomic E-state index is -0.666. The number of benzene rings is 2. The maximum Gasteiger partial charge on any atom is 0.256 e. The van der Waals surface area contributed by atoms with Gasteiger partial charge in [-0.2, -0.15) is 0 Å². The van der Waals surface area contributed by atoms with Crippen LogP contribution in [-0.2, 0) is 9.59 Å². The molecule has 1 spiro atoms. The van der Waals surface area contributed by atoms with Crippen molar-refractivity contribution in [2.75, 3.05) is 32.7 Å². The molecule has 3 aliphatic heterocycles. The third kappa shape index (κ3) is 4.88. The highest BCUT2D eigenvalue weighted by Crippen LogP contribution is 2.38. The topological polar surface area (TPSA) is 56.2 Å². The first-order valence-corrected chi connectivity index (χ1v) is 16.6. The average molecular weight is 583 g/mol. The van der Waals surface area contributed by atoms with Crippen LogP contribution in [0.2, 0.25) is 0 Å². The van der Waals surface area contributed by atoms with Crippen LogP contribution < -0.4 is 0 Å². The SMILES string of the molecule is Cc1sc2ccc(-c3ccc(C4=NC5(CCN(C(C)C)CC5)C(=O)N4C[C@@H]4CCN(C(=O)C5CC5)C4)cc3)cc2c1C. The fourth-order valence-electron chi connectivity index (χ4n) is 7.15. The Kier molecular flexibility index (Phi) is 7.01. The molecule has 1 saturated carbocycles. The molecule has 7 rings (SSSR count). The smallest absolute Gasteiger partial charge is 0.256 e. The summed E-state index contributed by atoms with van der Waals surface area (Å²) in [5.74, 6) is 1.83. The molecule has 220 valence electrons. The predicted molar refractivity (Wildman–Crippen MR) is 171 cm³/mol. The zero-order valence-corrected chi connectivity index (χ0v) is 26.2. The van der Waals surface area contributed by atoms with E-state index in [2.05, 4.69) is 75.1 Å². The van der Waals surface area contributed by atoms with E-state index >= 15 is 0 Å². The number of aryl methyl sites for hydroxylation is 2. The number of fused-ring (bicyclic) bond motifs is 1. The molecule has 2 saturated heterocycles. The molecular formula is C35H42N4O2S. The summed E-state index contributed by atoms with van der Waals surface area (Å²) in [5, 5.41) is 1.33. The lowest BCUT2D eigenvalue weighted by Gasteiger charge is -2.38. The van der Waals surface area contributed by atoms with E-state index in [0.29, 0.717) is 18.5 Å². The first-order valence-electron chi connectivity index (χ1n) is 15.8. The van der Waals surface area contributed by atoms with Crippen molar-refractivity contribution < 1.29 is 9.59 Å². The molecule has 0 radical (unpaired) electrons. The van der Waals surface area contributed by atoms with Crippen molar-refractivity contribution in [2.45, 2.75) is 71.4 Å². The zero-order chi connectivity index (χ0) is 29.2. The van der Waals surface area contributed by atoms with Crippen LogP contribution in [0.3, 0.4) is 0 Å². The Morgan fingerprint density at radius 3 is 2.36 bits per heavy atom. The van der Waals surface area contributed by atoms with E-state index in [-0.39, 0.29) is 17.7 Å². The maximum atomic E-state index is 14.2. The number of thiophene rings is 1. The van der Waals surface area contributed by atoms with Crippen molar-refractivity contribution in [3.8, 4) is 11.1 Å². The number of aliphatic imine (C=N–C) groups is 1. The molecule has 7 heteroatoms. The third-order valence-electron chi connectivity index (χ3n) is 10.2. The number of amides is 2.